The molecule has 1 saturated heterocycles. The zero-order chi connectivity index (χ0) is 14.7. The molecule has 1 aromatic carbocycles. The van der Waals surface area contributed by atoms with Gasteiger partial charge in [-0.25, -0.2) is 14.0 Å². The molecule has 0 aromatic heterocycles. The number of rotatable bonds is 2. The Bertz CT molecular complexity index is 528. The van der Waals surface area contributed by atoms with Gasteiger partial charge in [0.05, 0.1) is 11.3 Å². The lowest BCUT2D eigenvalue weighted by molar-refractivity contribution is 0.0697. The predicted octanol–water partition coefficient (Wildman–Crippen LogP) is 1.30. The number of aromatic carboxylic acids is 1. The summed E-state index contributed by atoms with van der Waals surface area (Å²) in [6.07, 6.45) is 0. The third kappa shape index (κ3) is 3.05. The van der Waals surface area contributed by atoms with Gasteiger partial charge in [0.1, 0.15) is 5.82 Å². The lowest BCUT2D eigenvalue weighted by Gasteiger charge is -2.32. The molecule has 108 valence electrons. The topological polar surface area (TPSA) is 72.9 Å². The molecule has 0 unspecified atom stereocenters. The van der Waals surface area contributed by atoms with E-state index in [1.54, 1.807) is 0 Å². The Labute approximate surface area is 115 Å². The van der Waals surface area contributed by atoms with Crippen molar-refractivity contribution in [1.29, 1.82) is 0 Å². The maximum Gasteiger partial charge on any atom is 0.337 e. The molecule has 2 amide bonds. The van der Waals surface area contributed by atoms with E-state index in [1.807, 2.05) is 7.05 Å². The number of carbonyl (C=O) groups excluding carboxylic acids is 1. The lowest BCUT2D eigenvalue weighted by atomic mass is 10.1. The second-order valence-electron chi connectivity index (χ2n) is 4.69. The predicted molar refractivity (Wildman–Crippen MR) is 71.4 cm³/mol. The van der Waals surface area contributed by atoms with Crippen molar-refractivity contribution in [2.45, 2.75) is 0 Å². The van der Waals surface area contributed by atoms with E-state index in [2.05, 4.69) is 10.2 Å². The average molecular weight is 281 g/mol. The summed E-state index contributed by atoms with van der Waals surface area (Å²) < 4.78 is 13.7. The molecule has 0 saturated carbocycles. The fourth-order valence-corrected chi connectivity index (χ4v) is 2.02. The Morgan fingerprint density at radius 2 is 1.90 bits per heavy atom. The first-order valence-electron chi connectivity index (χ1n) is 6.25. The number of nitrogens with one attached hydrogen (secondary N) is 1. The van der Waals surface area contributed by atoms with Gasteiger partial charge in [-0.1, -0.05) is 6.07 Å². The Morgan fingerprint density at radius 1 is 1.25 bits per heavy atom. The zero-order valence-electron chi connectivity index (χ0n) is 11.1. The molecule has 0 spiro atoms. The second-order valence-corrected chi connectivity index (χ2v) is 4.69. The highest BCUT2D eigenvalue weighted by Crippen LogP contribution is 2.20. The van der Waals surface area contributed by atoms with E-state index in [1.165, 1.54) is 17.0 Å². The summed E-state index contributed by atoms with van der Waals surface area (Å²) in [5.74, 6) is -2.04. The molecule has 0 aliphatic carbocycles. The number of amides is 2. The number of para-hydroxylation sites is 1. The third-order valence-electron chi connectivity index (χ3n) is 3.27. The fourth-order valence-electron chi connectivity index (χ4n) is 2.02. The van der Waals surface area contributed by atoms with Gasteiger partial charge >= 0.3 is 12.0 Å². The maximum atomic E-state index is 13.7. The van der Waals surface area contributed by atoms with Crippen LogP contribution in [0.2, 0.25) is 0 Å². The molecule has 1 aromatic rings. The number of carbonyl (C=O) groups is 2. The van der Waals surface area contributed by atoms with E-state index < -0.39 is 17.8 Å². The van der Waals surface area contributed by atoms with Gasteiger partial charge in [0, 0.05) is 26.2 Å². The number of carboxylic acids is 1. The summed E-state index contributed by atoms with van der Waals surface area (Å²) in [4.78, 5) is 26.7. The summed E-state index contributed by atoms with van der Waals surface area (Å²) in [6.45, 7) is 2.52. The SMILES string of the molecule is CN1CCN(C(=O)Nc2c(F)cccc2C(=O)O)CC1. The Morgan fingerprint density at radius 3 is 2.50 bits per heavy atom. The van der Waals surface area contributed by atoms with Gasteiger partial charge in [-0.3, -0.25) is 0 Å². The first-order chi connectivity index (χ1) is 9.49. The van der Waals surface area contributed by atoms with Crippen molar-refractivity contribution in [2.75, 3.05) is 38.5 Å². The van der Waals surface area contributed by atoms with Crippen LogP contribution in [0.3, 0.4) is 0 Å². The Kier molecular flexibility index (Phi) is 4.19. The number of hydrogen-bond acceptors (Lipinski definition) is 3. The molecule has 1 aliphatic rings. The number of hydrogen-bond donors (Lipinski definition) is 2. The standard InChI is InChI=1S/C13H16FN3O3/c1-16-5-7-17(8-6-16)13(20)15-11-9(12(18)19)3-2-4-10(11)14/h2-4H,5-8H2,1H3,(H,15,20)(H,18,19). The summed E-state index contributed by atoms with van der Waals surface area (Å²) in [7, 11) is 1.95. The van der Waals surface area contributed by atoms with Crippen LogP contribution in [0.1, 0.15) is 10.4 Å². The summed E-state index contributed by atoms with van der Waals surface area (Å²) >= 11 is 0. The molecule has 20 heavy (non-hydrogen) atoms. The molecule has 1 heterocycles. The Hall–Kier alpha value is -2.15. The molecule has 0 radical (unpaired) electrons. The molecule has 1 aliphatic heterocycles. The van der Waals surface area contributed by atoms with Crippen molar-refractivity contribution in [1.82, 2.24) is 9.80 Å². The molecule has 6 nitrogen and oxygen atoms in total. The van der Waals surface area contributed by atoms with Crippen molar-refractivity contribution in [3.8, 4) is 0 Å². The maximum absolute atomic E-state index is 13.7. The molecule has 0 bridgehead atoms. The number of urea groups is 1. The lowest BCUT2D eigenvalue weighted by Crippen LogP contribution is -2.48. The largest absolute Gasteiger partial charge is 0.478 e. The average Bonchev–Trinajstić information content (AvgIpc) is 2.41. The van der Waals surface area contributed by atoms with Crippen LogP contribution in [-0.2, 0) is 0 Å². The first kappa shape index (κ1) is 14.3. The van der Waals surface area contributed by atoms with Gasteiger partial charge in [-0.2, -0.15) is 0 Å². The smallest absolute Gasteiger partial charge is 0.337 e. The minimum atomic E-state index is -1.28. The first-order valence-corrected chi connectivity index (χ1v) is 6.25. The van der Waals surface area contributed by atoms with Crippen molar-refractivity contribution in [3.63, 3.8) is 0 Å². The minimum Gasteiger partial charge on any atom is -0.478 e. The minimum absolute atomic E-state index is 0.257. The van der Waals surface area contributed by atoms with Crippen LogP contribution in [0.5, 0.6) is 0 Å². The van der Waals surface area contributed by atoms with E-state index in [9.17, 15) is 14.0 Å². The molecular formula is C13H16FN3O3. The van der Waals surface area contributed by atoms with Crippen LogP contribution in [0.4, 0.5) is 14.9 Å². The van der Waals surface area contributed by atoms with E-state index in [0.717, 1.165) is 19.2 Å². The molecule has 0 atom stereocenters. The normalized spacial score (nSPS) is 16.0. The molecule has 7 heteroatoms. The van der Waals surface area contributed by atoms with Crippen LogP contribution >= 0.6 is 0 Å². The summed E-state index contributed by atoms with van der Waals surface area (Å²) in [6, 6.07) is 3.19. The highest BCUT2D eigenvalue weighted by Gasteiger charge is 2.22. The van der Waals surface area contributed by atoms with Gasteiger partial charge in [0.25, 0.3) is 0 Å². The van der Waals surface area contributed by atoms with Crippen LogP contribution in [0, 0.1) is 5.82 Å². The van der Waals surface area contributed by atoms with Gasteiger partial charge in [0.15, 0.2) is 0 Å². The highest BCUT2D eigenvalue weighted by atomic mass is 19.1. The third-order valence-corrected chi connectivity index (χ3v) is 3.27. The summed E-state index contributed by atoms with van der Waals surface area (Å²) in [5, 5.41) is 11.4. The van der Waals surface area contributed by atoms with E-state index in [4.69, 9.17) is 5.11 Å². The monoisotopic (exact) mass is 281 g/mol. The van der Waals surface area contributed by atoms with Crippen molar-refractivity contribution in [2.24, 2.45) is 0 Å². The molecule has 2 rings (SSSR count). The van der Waals surface area contributed by atoms with Crippen LogP contribution in [0.15, 0.2) is 18.2 Å². The van der Waals surface area contributed by atoms with Crippen LogP contribution in [-0.4, -0.2) is 60.1 Å². The number of likely N-dealkylation sites (N-methyl/N-ethyl adjacent to an activating group) is 1. The quantitative estimate of drug-likeness (QED) is 0.857. The number of nitrogens with zero attached hydrogens (tertiary/aromatic N) is 2. The van der Waals surface area contributed by atoms with Gasteiger partial charge in [0.2, 0.25) is 0 Å². The van der Waals surface area contributed by atoms with Crippen molar-refractivity contribution in [3.05, 3.63) is 29.6 Å². The zero-order valence-corrected chi connectivity index (χ0v) is 11.1. The number of benzene rings is 1. The van der Waals surface area contributed by atoms with Crippen molar-refractivity contribution >= 4 is 17.7 Å². The van der Waals surface area contributed by atoms with E-state index in [0.29, 0.717) is 13.1 Å². The van der Waals surface area contributed by atoms with Crippen LogP contribution < -0.4 is 5.32 Å². The summed E-state index contributed by atoms with van der Waals surface area (Å²) in [5.41, 5.74) is -0.545. The van der Waals surface area contributed by atoms with Crippen LogP contribution in [0.25, 0.3) is 0 Å². The van der Waals surface area contributed by atoms with Gasteiger partial charge in [-0.05, 0) is 19.2 Å². The van der Waals surface area contributed by atoms with Gasteiger partial charge < -0.3 is 20.2 Å². The van der Waals surface area contributed by atoms with Gasteiger partial charge in [-0.15, -0.1) is 0 Å². The number of piperazine rings is 1. The number of halogens is 1. The van der Waals surface area contributed by atoms with Crippen molar-refractivity contribution < 1.29 is 19.1 Å². The van der Waals surface area contributed by atoms with E-state index >= 15 is 0 Å². The molecular weight excluding hydrogens is 265 g/mol. The fraction of sp³-hybridized carbons (Fsp3) is 0.385. The molecule has 2 N–H and O–H groups in total. The Balaban J connectivity index is 2.13. The number of anilines is 1. The molecule has 1 fully saturated rings. The highest BCUT2D eigenvalue weighted by molar-refractivity contribution is 6.00. The number of carboxylic acid groups (broad SMARTS) is 1. The second kappa shape index (κ2) is 5.87. The van der Waals surface area contributed by atoms with E-state index in [-0.39, 0.29) is 11.3 Å².